The van der Waals surface area contributed by atoms with Gasteiger partial charge in [-0.2, -0.15) is 0 Å². The lowest BCUT2D eigenvalue weighted by Gasteiger charge is -2.23. The van der Waals surface area contributed by atoms with E-state index in [0.29, 0.717) is 5.92 Å². The normalized spacial score (nSPS) is 14.6. The average Bonchev–Trinajstić information content (AvgIpc) is 3.63. The van der Waals surface area contributed by atoms with Gasteiger partial charge in [-0.05, 0) is 77.3 Å². The van der Waals surface area contributed by atoms with Crippen LogP contribution in [0.15, 0.2) is 109 Å². The highest BCUT2D eigenvalue weighted by molar-refractivity contribution is 7.26. The van der Waals surface area contributed by atoms with Crippen LogP contribution in [0.2, 0.25) is 0 Å². The lowest BCUT2D eigenvalue weighted by molar-refractivity contribution is 0.444. The van der Waals surface area contributed by atoms with Gasteiger partial charge < -0.3 is 0 Å². The number of hydrogen-bond acceptors (Lipinski definition) is 2. The zero-order valence-corrected chi connectivity index (χ0v) is 26.6. The molecule has 44 heavy (non-hydrogen) atoms. The Bertz CT molecular complexity index is 2140. The molecule has 0 atom stereocenters. The van der Waals surface area contributed by atoms with Gasteiger partial charge in [0.1, 0.15) is 5.82 Å². The number of imidazole rings is 1. The SMILES string of the molecule is CC(C)(C)c1ccc(-n2c(-c3cccc4c3sc3cc(C5CCCCC5)ccc34)nc3ccccc32)c(-c2ccccc2)c1. The smallest absolute Gasteiger partial charge is 0.147 e. The summed E-state index contributed by atoms with van der Waals surface area (Å²) in [5, 5.41) is 2.68. The average molecular weight is 591 g/mol. The number of nitrogens with zero attached hydrogens (tertiary/aromatic N) is 2. The largest absolute Gasteiger partial charge is 0.292 e. The van der Waals surface area contributed by atoms with Crippen LogP contribution in [0.4, 0.5) is 0 Å². The van der Waals surface area contributed by atoms with E-state index in [-0.39, 0.29) is 5.41 Å². The van der Waals surface area contributed by atoms with Crippen molar-refractivity contribution in [1.82, 2.24) is 9.55 Å². The number of para-hydroxylation sites is 2. The molecular weight excluding hydrogens is 553 g/mol. The van der Waals surface area contributed by atoms with Gasteiger partial charge in [-0.25, -0.2) is 4.98 Å². The van der Waals surface area contributed by atoms with Gasteiger partial charge in [0.15, 0.2) is 0 Å². The number of fused-ring (bicyclic) bond motifs is 4. The highest BCUT2D eigenvalue weighted by Gasteiger charge is 2.23. The lowest BCUT2D eigenvalue weighted by Crippen LogP contribution is -2.12. The molecule has 2 nitrogen and oxygen atoms in total. The molecular formula is C41H38N2S. The van der Waals surface area contributed by atoms with E-state index in [1.54, 1.807) is 0 Å². The molecule has 0 unspecified atom stereocenters. The van der Waals surface area contributed by atoms with Gasteiger partial charge in [0.05, 0.1) is 16.7 Å². The van der Waals surface area contributed by atoms with E-state index < -0.39 is 0 Å². The number of thiophene rings is 1. The fourth-order valence-electron chi connectivity index (χ4n) is 7.18. The van der Waals surface area contributed by atoms with Crippen molar-refractivity contribution < 1.29 is 0 Å². The van der Waals surface area contributed by atoms with E-state index in [2.05, 4.69) is 135 Å². The third kappa shape index (κ3) is 4.66. The first kappa shape index (κ1) is 27.3. The van der Waals surface area contributed by atoms with E-state index in [4.69, 9.17) is 4.98 Å². The Morgan fingerprint density at radius 1 is 0.705 bits per heavy atom. The molecule has 0 amide bonds. The number of rotatable bonds is 4. The maximum absolute atomic E-state index is 5.35. The molecule has 1 saturated carbocycles. The van der Waals surface area contributed by atoms with Gasteiger partial charge in [-0.1, -0.05) is 113 Å². The van der Waals surface area contributed by atoms with Crippen molar-refractivity contribution in [3.05, 3.63) is 120 Å². The number of hydrogen-bond donors (Lipinski definition) is 0. The van der Waals surface area contributed by atoms with Gasteiger partial charge in [-0.3, -0.25) is 4.57 Å². The molecule has 1 fully saturated rings. The molecule has 1 aliphatic rings. The van der Waals surface area contributed by atoms with Gasteiger partial charge in [0.2, 0.25) is 0 Å². The van der Waals surface area contributed by atoms with Crippen LogP contribution in [-0.2, 0) is 5.41 Å². The summed E-state index contributed by atoms with van der Waals surface area (Å²) in [5.74, 6) is 1.70. The van der Waals surface area contributed by atoms with Crippen LogP contribution in [0, 0.1) is 0 Å². The van der Waals surface area contributed by atoms with Crippen molar-refractivity contribution in [1.29, 1.82) is 0 Å². The first-order valence-electron chi connectivity index (χ1n) is 16.1. The highest BCUT2D eigenvalue weighted by atomic mass is 32.1. The molecule has 0 bridgehead atoms. The molecule has 1 aliphatic carbocycles. The van der Waals surface area contributed by atoms with Crippen LogP contribution < -0.4 is 0 Å². The highest BCUT2D eigenvalue weighted by Crippen LogP contribution is 2.44. The van der Waals surface area contributed by atoms with Crippen LogP contribution in [0.5, 0.6) is 0 Å². The van der Waals surface area contributed by atoms with Crippen LogP contribution in [0.3, 0.4) is 0 Å². The molecule has 7 aromatic rings. The summed E-state index contributed by atoms with van der Waals surface area (Å²) in [7, 11) is 0. The summed E-state index contributed by atoms with van der Waals surface area (Å²) in [6.07, 6.45) is 6.75. The van der Waals surface area contributed by atoms with Crippen LogP contribution in [-0.4, -0.2) is 9.55 Å². The maximum atomic E-state index is 5.35. The van der Waals surface area contributed by atoms with Crippen molar-refractivity contribution in [2.75, 3.05) is 0 Å². The van der Waals surface area contributed by atoms with Crippen molar-refractivity contribution >= 4 is 42.5 Å². The zero-order chi connectivity index (χ0) is 29.8. The monoisotopic (exact) mass is 590 g/mol. The zero-order valence-electron chi connectivity index (χ0n) is 25.8. The second-order valence-corrected chi connectivity index (χ2v) is 14.5. The third-order valence-corrected chi connectivity index (χ3v) is 10.8. The molecule has 2 heterocycles. The summed E-state index contributed by atoms with van der Waals surface area (Å²) in [4.78, 5) is 5.35. The molecule has 0 saturated heterocycles. The summed E-state index contributed by atoms with van der Waals surface area (Å²) in [6.45, 7) is 6.87. The first-order valence-corrected chi connectivity index (χ1v) is 16.9. The Morgan fingerprint density at radius 3 is 2.32 bits per heavy atom. The lowest BCUT2D eigenvalue weighted by atomic mass is 9.84. The number of aromatic nitrogens is 2. The van der Waals surface area contributed by atoms with Gasteiger partial charge in [0.25, 0.3) is 0 Å². The summed E-state index contributed by atoms with van der Waals surface area (Å²) >= 11 is 1.93. The minimum absolute atomic E-state index is 0.0427. The van der Waals surface area contributed by atoms with E-state index in [1.807, 2.05) is 11.3 Å². The van der Waals surface area contributed by atoms with Gasteiger partial charge in [0, 0.05) is 31.3 Å². The molecule has 0 aliphatic heterocycles. The Balaban J connectivity index is 1.37. The van der Waals surface area contributed by atoms with Crippen LogP contribution in [0.1, 0.15) is 69.9 Å². The van der Waals surface area contributed by atoms with E-state index in [9.17, 15) is 0 Å². The quantitative estimate of drug-likeness (QED) is 0.199. The molecule has 3 heteroatoms. The second-order valence-electron chi connectivity index (χ2n) is 13.5. The summed E-state index contributed by atoms with van der Waals surface area (Å²) in [5.41, 5.74) is 9.82. The molecule has 2 aromatic heterocycles. The first-order chi connectivity index (χ1) is 21.5. The van der Waals surface area contributed by atoms with E-state index in [1.165, 1.54) is 80.1 Å². The molecule has 8 rings (SSSR count). The molecule has 5 aromatic carbocycles. The Kier molecular flexibility index (Phi) is 6.68. The minimum atomic E-state index is 0.0427. The van der Waals surface area contributed by atoms with Crippen molar-refractivity contribution in [3.8, 4) is 28.2 Å². The molecule has 0 N–H and O–H groups in total. The minimum Gasteiger partial charge on any atom is -0.292 e. The predicted octanol–water partition coefficient (Wildman–Crippen LogP) is 12.1. The molecule has 218 valence electrons. The second kappa shape index (κ2) is 10.7. The summed E-state index contributed by atoms with van der Waals surface area (Å²) < 4.78 is 5.10. The van der Waals surface area contributed by atoms with Gasteiger partial charge in [-0.15, -0.1) is 11.3 Å². The summed E-state index contributed by atoms with van der Waals surface area (Å²) in [6, 6.07) is 40.4. The van der Waals surface area contributed by atoms with Crippen LogP contribution in [0.25, 0.3) is 59.4 Å². The van der Waals surface area contributed by atoms with E-state index in [0.717, 1.165) is 22.5 Å². The van der Waals surface area contributed by atoms with Crippen molar-refractivity contribution in [3.63, 3.8) is 0 Å². The topological polar surface area (TPSA) is 17.8 Å². The predicted molar refractivity (Wildman–Crippen MR) is 189 cm³/mol. The fraction of sp³-hybridized carbons (Fsp3) is 0.244. The van der Waals surface area contributed by atoms with Crippen LogP contribution >= 0.6 is 11.3 Å². The Hall–Kier alpha value is -4.21. The standard InChI is InChI=1S/C41H38N2S/c1-41(2,3)30-22-24-36(34(26-30)28-15-8-5-9-16-28)43-37-20-11-10-19-35(37)42-40(43)33-18-12-17-32-31-23-21-29(25-38(31)44-39(32)33)27-13-6-4-7-14-27/h5,8-12,15-27H,4,6-7,13-14H2,1-3H3. The van der Waals surface area contributed by atoms with E-state index >= 15 is 0 Å². The third-order valence-electron chi connectivity index (χ3n) is 9.59. The number of benzene rings is 5. The van der Waals surface area contributed by atoms with Gasteiger partial charge >= 0.3 is 0 Å². The maximum Gasteiger partial charge on any atom is 0.147 e. The Morgan fingerprint density at radius 2 is 1.50 bits per heavy atom. The van der Waals surface area contributed by atoms with Crippen molar-refractivity contribution in [2.45, 2.75) is 64.2 Å². The van der Waals surface area contributed by atoms with Crippen molar-refractivity contribution in [2.24, 2.45) is 0 Å². The Labute approximate surface area is 264 Å². The molecule has 0 spiro atoms. The molecule has 0 radical (unpaired) electrons. The fourth-order valence-corrected chi connectivity index (χ4v) is 8.44.